The first kappa shape index (κ1) is 15.4. The molecule has 9 nitrogen and oxygen atoms in total. The van der Waals surface area contributed by atoms with E-state index < -0.39 is 37.6 Å². The zero-order valence-corrected chi connectivity index (χ0v) is 11.5. The van der Waals surface area contributed by atoms with E-state index in [1.807, 2.05) is 0 Å². The Morgan fingerprint density at radius 1 is 1.43 bits per heavy atom. The average Bonchev–Trinajstić information content (AvgIpc) is 2.47. The first-order valence-corrected chi connectivity index (χ1v) is 7.44. The van der Waals surface area contributed by atoms with Crippen LogP contribution in [0.5, 0.6) is 0 Å². The lowest BCUT2D eigenvalue weighted by atomic mass is 10.2. The molecule has 1 aromatic rings. The molecule has 0 saturated carbocycles. The van der Waals surface area contributed by atoms with Gasteiger partial charge in [0.05, 0.1) is 4.92 Å². The number of nitro benzene ring substituents is 1. The molecule has 1 saturated heterocycles. The minimum absolute atomic E-state index is 0.0574. The molecule has 0 amide bonds. The van der Waals surface area contributed by atoms with Crippen LogP contribution in [0.15, 0.2) is 29.2 Å². The quantitative estimate of drug-likeness (QED) is 0.641. The lowest BCUT2D eigenvalue weighted by Gasteiger charge is -2.29. The normalized spacial score (nSPS) is 20.1. The third kappa shape index (κ3) is 3.01. The Balaban J connectivity index is 2.38. The van der Waals surface area contributed by atoms with Crippen molar-refractivity contribution < 1.29 is 28.1 Å². The molecule has 0 aromatic heterocycles. The number of hydrogen-bond acceptors (Lipinski definition) is 6. The summed E-state index contributed by atoms with van der Waals surface area (Å²) in [6.07, 6.45) is -0.814. The number of benzene rings is 1. The number of sulfonamides is 1. The van der Waals surface area contributed by atoms with Crippen LogP contribution in [-0.4, -0.2) is 41.5 Å². The summed E-state index contributed by atoms with van der Waals surface area (Å²) in [6.45, 7) is -0.0574. The number of carboxylic acid groups (broad SMARTS) is 1. The van der Waals surface area contributed by atoms with Gasteiger partial charge in [-0.05, 0) is 18.9 Å². The van der Waals surface area contributed by atoms with Gasteiger partial charge in [-0.3, -0.25) is 15.0 Å². The van der Waals surface area contributed by atoms with E-state index in [9.17, 15) is 23.3 Å². The molecule has 1 fully saturated rings. The molecule has 0 aliphatic carbocycles. The van der Waals surface area contributed by atoms with Crippen molar-refractivity contribution in [3.05, 3.63) is 34.4 Å². The Hall–Kier alpha value is -2.04. The van der Waals surface area contributed by atoms with Crippen LogP contribution < -0.4 is 0 Å². The summed E-state index contributed by atoms with van der Waals surface area (Å²) in [6, 6.07) is 4.83. The molecule has 0 bridgehead atoms. The summed E-state index contributed by atoms with van der Waals surface area (Å²) in [5.74, 6) is -1.28. The number of rotatable bonds is 4. The lowest BCUT2D eigenvalue weighted by Crippen LogP contribution is -2.43. The van der Waals surface area contributed by atoms with Gasteiger partial charge in [-0.1, -0.05) is 16.6 Å². The molecule has 21 heavy (non-hydrogen) atoms. The minimum atomic E-state index is -4.30. The third-order valence-corrected chi connectivity index (χ3v) is 4.64. The highest BCUT2D eigenvalue weighted by molar-refractivity contribution is 7.89. The summed E-state index contributed by atoms with van der Waals surface area (Å²) in [4.78, 5) is 25.4. The van der Waals surface area contributed by atoms with E-state index in [1.54, 1.807) is 0 Å². The lowest BCUT2D eigenvalue weighted by molar-refractivity contribution is -0.388. The predicted octanol–water partition coefficient (Wildman–Crippen LogP) is 0.764. The van der Waals surface area contributed by atoms with E-state index in [0.29, 0.717) is 4.47 Å². The average molecular weight is 316 g/mol. The second kappa shape index (κ2) is 5.76. The fourth-order valence-corrected chi connectivity index (χ4v) is 3.40. The highest BCUT2D eigenvalue weighted by atomic mass is 32.2. The van der Waals surface area contributed by atoms with E-state index >= 15 is 0 Å². The number of nitro groups is 1. The van der Waals surface area contributed by atoms with Gasteiger partial charge in [-0.15, -0.1) is 0 Å². The monoisotopic (exact) mass is 316 g/mol. The molecule has 1 aliphatic heterocycles. The number of para-hydroxylation sites is 1. The van der Waals surface area contributed by atoms with Crippen LogP contribution >= 0.6 is 0 Å². The first-order chi connectivity index (χ1) is 9.84. The maximum atomic E-state index is 12.4. The summed E-state index contributed by atoms with van der Waals surface area (Å²) in [5.41, 5.74) is -0.585. The van der Waals surface area contributed by atoms with Crippen LogP contribution in [0, 0.1) is 10.1 Å². The predicted molar refractivity (Wildman–Crippen MR) is 68.7 cm³/mol. The van der Waals surface area contributed by atoms with Gasteiger partial charge in [-0.2, -0.15) is 0 Å². The van der Waals surface area contributed by atoms with E-state index in [-0.39, 0.29) is 19.4 Å². The van der Waals surface area contributed by atoms with Crippen molar-refractivity contribution in [3.63, 3.8) is 0 Å². The number of carbonyl (C=O) groups is 1. The molecule has 114 valence electrons. The molecule has 0 spiro atoms. The smallest absolute Gasteiger partial charge is 0.335 e. The minimum Gasteiger partial charge on any atom is -0.479 e. The zero-order chi connectivity index (χ0) is 15.6. The molecule has 1 N–H and O–H groups in total. The fourth-order valence-electron chi connectivity index (χ4n) is 1.93. The molecular formula is C11H12N2O7S. The van der Waals surface area contributed by atoms with Crippen LogP contribution in [0.1, 0.15) is 12.8 Å². The Bertz CT molecular complexity index is 673. The second-order valence-electron chi connectivity index (χ2n) is 4.33. The van der Waals surface area contributed by atoms with E-state index in [2.05, 4.69) is 0 Å². The SMILES string of the molecule is O=C(O)[C@H]1CCCN(S(=O)(=O)c2ccccc2[N+](=O)[O-])O1. The highest BCUT2D eigenvalue weighted by Gasteiger charge is 2.37. The highest BCUT2D eigenvalue weighted by Crippen LogP contribution is 2.29. The summed E-state index contributed by atoms with van der Waals surface area (Å²) in [7, 11) is -4.30. The fraction of sp³-hybridized carbons (Fsp3) is 0.364. The largest absolute Gasteiger partial charge is 0.479 e. The van der Waals surface area contributed by atoms with Gasteiger partial charge >= 0.3 is 5.97 Å². The van der Waals surface area contributed by atoms with Crippen molar-refractivity contribution >= 4 is 21.7 Å². The number of aliphatic carboxylic acids is 1. The van der Waals surface area contributed by atoms with E-state index in [0.717, 1.165) is 12.1 Å². The summed E-state index contributed by atoms with van der Waals surface area (Å²) in [5, 5.41) is 19.8. The standard InChI is InChI=1S/C11H12N2O7S/c14-11(15)9-5-3-7-12(20-9)21(18,19)10-6-2-1-4-8(10)13(16)17/h1-2,4,6,9H,3,5,7H2,(H,14,15)/t9-/m1/s1. The van der Waals surface area contributed by atoms with Crippen molar-refractivity contribution in [2.24, 2.45) is 0 Å². The van der Waals surface area contributed by atoms with Gasteiger partial charge in [0.2, 0.25) is 0 Å². The van der Waals surface area contributed by atoms with Crippen molar-refractivity contribution in [2.45, 2.75) is 23.8 Å². The molecule has 0 radical (unpaired) electrons. The number of carboxylic acids is 1. The number of hydrogen-bond donors (Lipinski definition) is 1. The Labute approximate surface area is 119 Å². The van der Waals surface area contributed by atoms with Crippen molar-refractivity contribution in [3.8, 4) is 0 Å². The van der Waals surface area contributed by atoms with Crippen LogP contribution in [0.4, 0.5) is 5.69 Å². The van der Waals surface area contributed by atoms with Crippen LogP contribution in [0.2, 0.25) is 0 Å². The van der Waals surface area contributed by atoms with E-state index in [1.165, 1.54) is 12.1 Å². The van der Waals surface area contributed by atoms with Gasteiger partial charge < -0.3 is 5.11 Å². The van der Waals surface area contributed by atoms with Crippen LogP contribution in [-0.2, 0) is 19.7 Å². The Morgan fingerprint density at radius 2 is 2.10 bits per heavy atom. The molecule has 1 atom stereocenters. The number of hydroxylamine groups is 1. The topological polar surface area (TPSA) is 127 Å². The number of nitrogens with zero attached hydrogens (tertiary/aromatic N) is 2. The van der Waals surface area contributed by atoms with E-state index in [4.69, 9.17) is 9.94 Å². The van der Waals surface area contributed by atoms with Crippen molar-refractivity contribution in [1.29, 1.82) is 0 Å². The molecule has 1 aromatic carbocycles. The van der Waals surface area contributed by atoms with Gasteiger partial charge in [0.25, 0.3) is 15.7 Å². The maximum absolute atomic E-state index is 12.4. The van der Waals surface area contributed by atoms with Gasteiger partial charge in [0.1, 0.15) is 0 Å². The van der Waals surface area contributed by atoms with Gasteiger partial charge in [-0.25, -0.2) is 13.2 Å². The third-order valence-electron chi connectivity index (χ3n) is 2.94. The molecular weight excluding hydrogens is 304 g/mol. The molecule has 0 unspecified atom stereocenters. The van der Waals surface area contributed by atoms with Crippen LogP contribution in [0.25, 0.3) is 0 Å². The van der Waals surface area contributed by atoms with Crippen molar-refractivity contribution in [1.82, 2.24) is 4.47 Å². The zero-order valence-electron chi connectivity index (χ0n) is 10.7. The Kier molecular flexibility index (Phi) is 4.21. The van der Waals surface area contributed by atoms with Gasteiger partial charge in [0.15, 0.2) is 11.0 Å². The van der Waals surface area contributed by atoms with Gasteiger partial charge in [0, 0.05) is 12.6 Å². The molecule has 1 heterocycles. The summed E-state index contributed by atoms with van der Waals surface area (Å²) >= 11 is 0. The first-order valence-electron chi connectivity index (χ1n) is 6.00. The summed E-state index contributed by atoms with van der Waals surface area (Å²) < 4.78 is 25.3. The maximum Gasteiger partial charge on any atom is 0.335 e. The molecule has 2 rings (SSSR count). The molecule has 10 heteroatoms. The Morgan fingerprint density at radius 3 is 2.71 bits per heavy atom. The second-order valence-corrected chi connectivity index (χ2v) is 6.13. The van der Waals surface area contributed by atoms with Crippen LogP contribution in [0.3, 0.4) is 0 Å². The molecule has 1 aliphatic rings. The van der Waals surface area contributed by atoms with Crippen molar-refractivity contribution in [2.75, 3.05) is 6.54 Å².